The Bertz CT molecular complexity index is 1110. The van der Waals surface area contributed by atoms with Gasteiger partial charge in [-0.05, 0) is 42.9 Å². The van der Waals surface area contributed by atoms with Gasteiger partial charge in [0.2, 0.25) is 18.5 Å². The van der Waals surface area contributed by atoms with E-state index >= 15 is 0 Å². The lowest BCUT2D eigenvalue weighted by atomic mass is 10.2. The Morgan fingerprint density at radius 3 is 2.85 bits per heavy atom. The molecule has 0 amide bonds. The summed E-state index contributed by atoms with van der Waals surface area (Å²) in [5, 5.41) is 4.08. The first-order valence-corrected chi connectivity index (χ1v) is 9.10. The molecule has 3 heterocycles. The van der Waals surface area contributed by atoms with Crippen LogP contribution in [-0.4, -0.2) is 37.6 Å². The van der Waals surface area contributed by atoms with Crippen LogP contribution in [-0.2, 0) is 13.1 Å². The highest BCUT2D eigenvalue weighted by Crippen LogP contribution is 2.35. The van der Waals surface area contributed by atoms with Gasteiger partial charge in [0.1, 0.15) is 11.0 Å². The summed E-state index contributed by atoms with van der Waals surface area (Å²) in [5.74, 6) is 2.52. The quantitative estimate of drug-likeness (QED) is 0.521. The average Bonchev–Trinajstić information content (AvgIpc) is 3.40. The van der Waals surface area contributed by atoms with E-state index in [1.165, 1.54) is 11.7 Å². The smallest absolute Gasteiger partial charge is 0.241 e. The Balaban J connectivity index is 1.28. The van der Waals surface area contributed by atoms with Gasteiger partial charge in [-0.1, -0.05) is 11.2 Å². The Labute approximate surface area is 158 Å². The number of benzene rings is 2. The fourth-order valence-corrected chi connectivity index (χ4v) is 3.51. The van der Waals surface area contributed by atoms with E-state index in [9.17, 15) is 0 Å². The van der Waals surface area contributed by atoms with E-state index in [0.717, 1.165) is 34.5 Å². The fourth-order valence-electron chi connectivity index (χ4n) is 3.00. The molecule has 0 aliphatic carbocycles. The van der Waals surface area contributed by atoms with Crippen LogP contribution < -0.4 is 9.47 Å². The first kappa shape index (κ1) is 16.2. The van der Waals surface area contributed by atoms with E-state index in [1.807, 2.05) is 31.3 Å². The van der Waals surface area contributed by atoms with Crippen molar-refractivity contribution in [2.24, 2.45) is 0 Å². The summed E-state index contributed by atoms with van der Waals surface area (Å²) < 4.78 is 24.6. The maximum Gasteiger partial charge on any atom is 0.241 e. The van der Waals surface area contributed by atoms with Gasteiger partial charge in [-0.15, -0.1) is 0 Å². The third-order valence-electron chi connectivity index (χ3n) is 4.27. The molecule has 0 N–H and O–H groups in total. The van der Waals surface area contributed by atoms with Crippen LogP contribution in [0.3, 0.4) is 0 Å². The summed E-state index contributed by atoms with van der Waals surface area (Å²) in [6.07, 6.45) is 0. The van der Waals surface area contributed by atoms with Crippen LogP contribution in [0.5, 0.6) is 11.5 Å². The second-order valence-corrected chi connectivity index (χ2v) is 6.87. The summed E-state index contributed by atoms with van der Waals surface area (Å²) >= 11 is 1.23. The second kappa shape index (κ2) is 6.60. The Morgan fingerprint density at radius 2 is 1.89 bits per heavy atom. The van der Waals surface area contributed by atoms with Crippen molar-refractivity contribution >= 4 is 22.8 Å². The largest absolute Gasteiger partial charge is 0.454 e. The van der Waals surface area contributed by atoms with Gasteiger partial charge >= 0.3 is 0 Å². The molecule has 4 aromatic rings. The molecule has 0 saturated carbocycles. The molecule has 0 atom stereocenters. The van der Waals surface area contributed by atoms with Gasteiger partial charge in [-0.3, -0.25) is 4.90 Å². The summed E-state index contributed by atoms with van der Waals surface area (Å²) in [6, 6.07) is 11.7. The van der Waals surface area contributed by atoms with Crippen molar-refractivity contribution in [3.8, 4) is 22.9 Å². The molecule has 0 spiro atoms. The van der Waals surface area contributed by atoms with Crippen LogP contribution in [0, 0.1) is 0 Å². The Kier molecular flexibility index (Phi) is 3.95. The van der Waals surface area contributed by atoms with Crippen LogP contribution in [0.1, 0.15) is 11.5 Å². The molecule has 136 valence electrons. The molecule has 1 aliphatic heterocycles. The number of nitrogens with zero attached hydrogens (tertiary/aromatic N) is 5. The third-order valence-corrected chi connectivity index (χ3v) is 4.83. The van der Waals surface area contributed by atoms with E-state index in [1.54, 1.807) is 0 Å². The summed E-state index contributed by atoms with van der Waals surface area (Å²) in [7, 11) is 2.01. The van der Waals surface area contributed by atoms with Crippen molar-refractivity contribution in [1.82, 2.24) is 23.8 Å². The molecule has 0 radical (unpaired) electrons. The number of hydrogen-bond donors (Lipinski definition) is 0. The van der Waals surface area contributed by atoms with E-state index in [0.29, 0.717) is 24.0 Å². The molecule has 2 aromatic heterocycles. The van der Waals surface area contributed by atoms with Gasteiger partial charge in [0, 0.05) is 12.1 Å². The maximum absolute atomic E-state index is 5.41. The molecule has 9 heteroatoms. The predicted molar refractivity (Wildman–Crippen MR) is 98.4 cm³/mol. The molecule has 27 heavy (non-hydrogen) atoms. The highest BCUT2D eigenvalue weighted by atomic mass is 32.1. The lowest BCUT2D eigenvalue weighted by molar-refractivity contribution is 0.174. The summed E-state index contributed by atoms with van der Waals surface area (Å²) in [6.45, 7) is 1.53. The van der Waals surface area contributed by atoms with Crippen LogP contribution in [0.4, 0.5) is 0 Å². The molecule has 5 rings (SSSR count). The van der Waals surface area contributed by atoms with Gasteiger partial charge in [0.15, 0.2) is 11.5 Å². The van der Waals surface area contributed by atoms with Gasteiger partial charge < -0.3 is 14.0 Å². The number of aromatic nitrogens is 4. The molecule has 0 saturated heterocycles. The maximum atomic E-state index is 5.41. The SMILES string of the molecule is CN(Cc1ccc2nsnc2c1)Cc1nc(-c2ccc3c(c2)OCO3)no1. The summed E-state index contributed by atoms with van der Waals surface area (Å²) in [5.41, 5.74) is 3.84. The number of ether oxygens (including phenoxy) is 2. The predicted octanol–water partition coefficient (Wildman–Crippen LogP) is 3.10. The number of fused-ring (bicyclic) bond motifs is 2. The molecule has 0 fully saturated rings. The van der Waals surface area contributed by atoms with Gasteiger partial charge in [-0.25, -0.2) is 0 Å². The molecule has 0 unspecified atom stereocenters. The lowest BCUT2D eigenvalue weighted by Gasteiger charge is -2.13. The van der Waals surface area contributed by atoms with E-state index in [2.05, 4.69) is 35.9 Å². The average molecular weight is 381 g/mol. The van der Waals surface area contributed by atoms with E-state index in [4.69, 9.17) is 14.0 Å². The van der Waals surface area contributed by atoms with E-state index in [-0.39, 0.29) is 6.79 Å². The van der Waals surface area contributed by atoms with Crippen molar-refractivity contribution in [2.45, 2.75) is 13.1 Å². The van der Waals surface area contributed by atoms with Crippen LogP contribution in [0.2, 0.25) is 0 Å². The number of rotatable bonds is 5. The van der Waals surface area contributed by atoms with Gasteiger partial charge in [-0.2, -0.15) is 13.7 Å². The molecule has 0 bridgehead atoms. The molecule has 1 aliphatic rings. The molecule has 2 aromatic carbocycles. The van der Waals surface area contributed by atoms with Gasteiger partial charge in [0.25, 0.3) is 0 Å². The van der Waals surface area contributed by atoms with Crippen molar-refractivity contribution in [2.75, 3.05) is 13.8 Å². The minimum Gasteiger partial charge on any atom is -0.454 e. The zero-order valence-corrected chi connectivity index (χ0v) is 15.3. The molecular weight excluding hydrogens is 366 g/mol. The minimum atomic E-state index is 0.240. The van der Waals surface area contributed by atoms with Crippen molar-refractivity contribution in [3.05, 3.63) is 47.9 Å². The Hall–Kier alpha value is -3.04. The second-order valence-electron chi connectivity index (χ2n) is 6.34. The molecule has 8 nitrogen and oxygen atoms in total. The Morgan fingerprint density at radius 1 is 1.00 bits per heavy atom. The monoisotopic (exact) mass is 381 g/mol. The number of hydrogen-bond acceptors (Lipinski definition) is 9. The van der Waals surface area contributed by atoms with E-state index < -0.39 is 0 Å². The summed E-state index contributed by atoms with van der Waals surface area (Å²) in [4.78, 5) is 6.60. The van der Waals surface area contributed by atoms with Crippen LogP contribution in [0.25, 0.3) is 22.4 Å². The van der Waals surface area contributed by atoms with Crippen molar-refractivity contribution < 1.29 is 14.0 Å². The zero-order valence-electron chi connectivity index (χ0n) is 14.5. The van der Waals surface area contributed by atoms with Crippen molar-refractivity contribution in [1.29, 1.82) is 0 Å². The first-order chi connectivity index (χ1) is 13.2. The molecular formula is C18H15N5O3S. The topological polar surface area (TPSA) is 86.4 Å². The first-order valence-electron chi connectivity index (χ1n) is 8.37. The third kappa shape index (κ3) is 3.22. The lowest BCUT2D eigenvalue weighted by Crippen LogP contribution is -2.17. The zero-order chi connectivity index (χ0) is 18.2. The van der Waals surface area contributed by atoms with Crippen LogP contribution >= 0.6 is 11.7 Å². The van der Waals surface area contributed by atoms with Crippen LogP contribution in [0.15, 0.2) is 40.9 Å². The minimum absolute atomic E-state index is 0.240. The highest BCUT2D eigenvalue weighted by molar-refractivity contribution is 7.00. The van der Waals surface area contributed by atoms with Gasteiger partial charge in [0.05, 0.1) is 18.3 Å². The normalized spacial score (nSPS) is 13.0. The highest BCUT2D eigenvalue weighted by Gasteiger charge is 2.17. The van der Waals surface area contributed by atoms with Crippen molar-refractivity contribution in [3.63, 3.8) is 0 Å². The fraction of sp³-hybridized carbons (Fsp3) is 0.222. The standard InChI is InChI=1S/C18H15N5O3S/c1-23(8-11-2-4-13-14(6-11)22-27-21-13)9-17-19-18(20-26-17)12-3-5-15-16(7-12)25-10-24-15/h2-7H,8-10H2,1H3.